The maximum Gasteiger partial charge on any atom is 0.191 e. The minimum absolute atomic E-state index is 0. The van der Waals surface area contributed by atoms with Gasteiger partial charge in [-0.15, -0.1) is 24.0 Å². The van der Waals surface area contributed by atoms with Crippen LogP contribution in [0.5, 0.6) is 0 Å². The molecule has 8 heteroatoms. The molecule has 5 nitrogen and oxygen atoms in total. The topological polar surface area (TPSA) is 42.9 Å². The molecule has 30 heavy (non-hydrogen) atoms. The van der Waals surface area contributed by atoms with Gasteiger partial charge in [0.05, 0.1) is 0 Å². The van der Waals surface area contributed by atoms with Crippen LogP contribution in [0.15, 0.2) is 23.2 Å². The van der Waals surface area contributed by atoms with Gasteiger partial charge in [0.15, 0.2) is 5.96 Å². The van der Waals surface area contributed by atoms with Gasteiger partial charge in [0, 0.05) is 25.7 Å². The van der Waals surface area contributed by atoms with Gasteiger partial charge in [0.1, 0.15) is 11.6 Å². The summed E-state index contributed by atoms with van der Waals surface area (Å²) >= 11 is 0. The first-order valence-corrected chi connectivity index (χ1v) is 10.8. The van der Waals surface area contributed by atoms with Crippen LogP contribution in [0.4, 0.5) is 8.78 Å². The summed E-state index contributed by atoms with van der Waals surface area (Å²) in [4.78, 5) is 9.42. The number of rotatable bonds is 6. The molecular weight excluding hydrogens is 499 g/mol. The van der Waals surface area contributed by atoms with Gasteiger partial charge in [-0.3, -0.25) is 9.89 Å². The first-order valence-electron chi connectivity index (χ1n) is 10.8. The number of piperidine rings is 2. The average Bonchev–Trinajstić information content (AvgIpc) is 2.75. The molecule has 2 aliphatic heterocycles. The second-order valence-corrected chi connectivity index (χ2v) is 8.41. The molecular formula is C22H36F2IN5. The maximum absolute atomic E-state index is 13.8. The molecule has 0 amide bonds. The molecule has 3 rings (SSSR count). The Morgan fingerprint density at radius 1 is 1.07 bits per heavy atom. The summed E-state index contributed by atoms with van der Waals surface area (Å²) < 4.78 is 27.1. The molecule has 2 heterocycles. The van der Waals surface area contributed by atoms with Crippen molar-refractivity contribution in [1.29, 1.82) is 0 Å². The Morgan fingerprint density at radius 3 is 2.43 bits per heavy atom. The third-order valence-corrected chi connectivity index (χ3v) is 6.45. The molecule has 170 valence electrons. The van der Waals surface area contributed by atoms with E-state index in [0.29, 0.717) is 18.5 Å². The number of aliphatic imine (C=N–C) groups is 1. The lowest BCUT2D eigenvalue weighted by Gasteiger charge is -2.50. The van der Waals surface area contributed by atoms with Gasteiger partial charge >= 0.3 is 0 Å². The number of nitrogens with one attached hydrogen (secondary N) is 2. The van der Waals surface area contributed by atoms with Crippen LogP contribution >= 0.6 is 24.0 Å². The lowest BCUT2D eigenvalue weighted by atomic mass is 9.84. The molecule has 0 unspecified atom stereocenters. The van der Waals surface area contributed by atoms with Crippen LogP contribution in [-0.2, 0) is 6.42 Å². The Kier molecular flexibility index (Phi) is 10.2. The van der Waals surface area contributed by atoms with Crippen LogP contribution in [-0.4, -0.2) is 74.7 Å². The van der Waals surface area contributed by atoms with E-state index in [4.69, 9.17) is 0 Å². The molecule has 1 aromatic rings. The van der Waals surface area contributed by atoms with Crippen molar-refractivity contribution in [3.05, 3.63) is 35.4 Å². The number of halogens is 3. The number of guanidine groups is 1. The van der Waals surface area contributed by atoms with Gasteiger partial charge in [0.2, 0.25) is 0 Å². The van der Waals surface area contributed by atoms with E-state index in [1.807, 2.05) is 0 Å². The molecule has 0 aromatic heterocycles. The highest BCUT2D eigenvalue weighted by molar-refractivity contribution is 14.0. The molecule has 0 spiro atoms. The Labute approximate surface area is 196 Å². The highest BCUT2D eigenvalue weighted by atomic mass is 127. The largest absolute Gasteiger partial charge is 0.356 e. The minimum Gasteiger partial charge on any atom is -0.356 e. The zero-order valence-corrected chi connectivity index (χ0v) is 20.6. The number of hydrogen-bond donors (Lipinski definition) is 2. The van der Waals surface area contributed by atoms with Crippen molar-refractivity contribution < 1.29 is 8.78 Å². The normalized spacial score (nSPS) is 20.5. The van der Waals surface area contributed by atoms with E-state index in [1.54, 1.807) is 7.05 Å². The van der Waals surface area contributed by atoms with Crippen LogP contribution in [0.3, 0.4) is 0 Å². The van der Waals surface area contributed by atoms with Gasteiger partial charge in [-0.2, -0.15) is 0 Å². The highest BCUT2D eigenvalue weighted by Gasteiger charge is 2.39. The first-order chi connectivity index (χ1) is 14.0. The predicted molar refractivity (Wildman–Crippen MR) is 130 cm³/mol. The standard InChI is InChI=1S/C22H35F2N5.HI/c1-25-21(26-11-8-18-16-19(23)6-7-20(18)24)27-17-22(9-14-28(2)15-10-22)29-12-4-3-5-13-29;/h6-7,16H,3-5,8-15,17H2,1-2H3,(H2,25,26,27);1H. The Morgan fingerprint density at radius 2 is 1.77 bits per heavy atom. The van der Waals surface area contributed by atoms with Crippen LogP contribution in [0.2, 0.25) is 0 Å². The van der Waals surface area contributed by atoms with Crippen molar-refractivity contribution in [2.45, 2.75) is 44.1 Å². The van der Waals surface area contributed by atoms with E-state index in [2.05, 4.69) is 32.5 Å². The number of likely N-dealkylation sites (tertiary alicyclic amines) is 2. The molecule has 2 N–H and O–H groups in total. The molecule has 2 aliphatic rings. The smallest absolute Gasteiger partial charge is 0.191 e. The third-order valence-electron chi connectivity index (χ3n) is 6.45. The molecule has 0 radical (unpaired) electrons. The molecule has 0 saturated carbocycles. The van der Waals surface area contributed by atoms with Crippen LogP contribution in [0.25, 0.3) is 0 Å². The van der Waals surface area contributed by atoms with Crippen LogP contribution in [0, 0.1) is 11.6 Å². The zero-order chi connectivity index (χ0) is 20.7. The van der Waals surface area contributed by atoms with Gasteiger partial charge in [-0.25, -0.2) is 8.78 Å². The summed E-state index contributed by atoms with van der Waals surface area (Å²) in [5.41, 5.74) is 0.548. The highest BCUT2D eigenvalue weighted by Crippen LogP contribution is 2.30. The molecule has 0 atom stereocenters. The maximum atomic E-state index is 13.8. The number of benzene rings is 1. The summed E-state index contributed by atoms with van der Waals surface area (Å²) in [6.45, 7) is 5.94. The van der Waals surface area contributed by atoms with Crippen molar-refractivity contribution in [3.8, 4) is 0 Å². The summed E-state index contributed by atoms with van der Waals surface area (Å²) in [7, 11) is 3.94. The Hall–Kier alpha value is -1.00. The van der Waals surface area contributed by atoms with E-state index in [0.717, 1.165) is 44.5 Å². The van der Waals surface area contributed by atoms with Crippen molar-refractivity contribution in [2.75, 3.05) is 53.4 Å². The molecule has 0 aliphatic carbocycles. The SMILES string of the molecule is CN=C(NCCc1cc(F)ccc1F)NCC1(N2CCCCC2)CCN(C)CC1.I. The summed E-state index contributed by atoms with van der Waals surface area (Å²) in [6, 6.07) is 3.59. The summed E-state index contributed by atoms with van der Waals surface area (Å²) in [5, 5.41) is 6.77. The average molecular weight is 535 g/mol. The third kappa shape index (κ3) is 6.75. The second kappa shape index (κ2) is 12.1. The first kappa shape index (κ1) is 25.3. The Balaban J connectivity index is 0.00000320. The van der Waals surface area contributed by atoms with E-state index >= 15 is 0 Å². The van der Waals surface area contributed by atoms with E-state index in [1.165, 1.54) is 44.5 Å². The molecule has 2 saturated heterocycles. The van der Waals surface area contributed by atoms with Crippen molar-refractivity contribution >= 4 is 29.9 Å². The van der Waals surface area contributed by atoms with Crippen LogP contribution < -0.4 is 10.6 Å². The lowest BCUT2D eigenvalue weighted by Crippen LogP contribution is -2.62. The van der Waals surface area contributed by atoms with Crippen molar-refractivity contribution in [2.24, 2.45) is 4.99 Å². The van der Waals surface area contributed by atoms with Gasteiger partial charge in [-0.05, 0) is 89.1 Å². The van der Waals surface area contributed by atoms with Crippen molar-refractivity contribution in [3.63, 3.8) is 0 Å². The lowest BCUT2D eigenvalue weighted by molar-refractivity contribution is 0.0173. The monoisotopic (exact) mass is 535 g/mol. The van der Waals surface area contributed by atoms with Gasteiger partial charge < -0.3 is 15.5 Å². The minimum atomic E-state index is -0.408. The molecule has 2 fully saturated rings. The fourth-order valence-corrected chi connectivity index (χ4v) is 4.53. The van der Waals surface area contributed by atoms with Gasteiger partial charge in [0.25, 0.3) is 0 Å². The summed E-state index contributed by atoms with van der Waals surface area (Å²) in [5.74, 6) is -0.0571. The van der Waals surface area contributed by atoms with Crippen molar-refractivity contribution in [1.82, 2.24) is 20.4 Å². The van der Waals surface area contributed by atoms with E-state index < -0.39 is 5.82 Å². The van der Waals surface area contributed by atoms with Crippen LogP contribution in [0.1, 0.15) is 37.7 Å². The second-order valence-electron chi connectivity index (χ2n) is 8.41. The molecule has 1 aromatic carbocycles. The van der Waals surface area contributed by atoms with E-state index in [-0.39, 0.29) is 35.3 Å². The fourth-order valence-electron chi connectivity index (χ4n) is 4.53. The predicted octanol–water partition coefficient (Wildman–Crippen LogP) is 3.24. The number of nitrogens with zero attached hydrogens (tertiary/aromatic N) is 3. The quantitative estimate of drug-likeness (QED) is 0.334. The van der Waals surface area contributed by atoms with Gasteiger partial charge in [-0.1, -0.05) is 6.42 Å². The zero-order valence-electron chi connectivity index (χ0n) is 18.2. The fraction of sp³-hybridized carbons (Fsp3) is 0.682. The molecule has 0 bridgehead atoms. The van der Waals surface area contributed by atoms with E-state index in [9.17, 15) is 8.78 Å². The summed E-state index contributed by atoms with van der Waals surface area (Å²) in [6.07, 6.45) is 6.61. The Bertz CT molecular complexity index is 686. The number of hydrogen-bond acceptors (Lipinski definition) is 3.